The Morgan fingerprint density at radius 3 is 2.29 bits per heavy atom. The molecule has 2 N–H and O–H groups in total. The molecule has 1 fully saturated rings. The fourth-order valence-corrected chi connectivity index (χ4v) is 2.41. The smallest absolute Gasteiger partial charge is 0.151 e. The molecule has 2 nitrogen and oxygen atoms in total. The Bertz CT molecular complexity index is 128. The predicted molar refractivity (Wildman–Crippen MR) is 57.9 cm³/mol. The quantitative estimate of drug-likeness (QED) is 0.511. The lowest BCUT2D eigenvalue weighted by Gasteiger charge is -2.21. The molecule has 2 heteroatoms. The monoisotopic (exact) mass is 200 g/mol. The van der Waals surface area contributed by atoms with Crippen molar-refractivity contribution in [3.63, 3.8) is 0 Å². The minimum atomic E-state index is -1.09. The van der Waals surface area contributed by atoms with Gasteiger partial charge in [-0.1, -0.05) is 51.4 Å². The Balaban J connectivity index is 1.87. The minimum absolute atomic E-state index is 0.546. The number of hydrogen-bond acceptors (Lipinski definition) is 2. The van der Waals surface area contributed by atoms with E-state index in [4.69, 9.17) is 10.2 Å². The van der Waals surface area contributed by atoms with Crippen LogP contribution in [0.2, 0.25) is 0 Å². The maximum Gasteiger partial charge on any atom is 0.151 e. The first-order valence-electron chi connectivity index (χ1n) is 6.15. The Morgan fingerprint density at radius 1 is 0.929 bits per heavy atom. The van der Waals surface area contributed by atoms with Gasteiger partial charge in [0.15, 0.2) is 6.29 Å². The molecule has 0 amide bonds. The molecule has 0 saturated heterocycles. The zero-order valence-corrected chi connectivity index (χ0v) is 9.12. The maximum absolute atomic E-state index is 8.66. The molecule has 0 aliphatic heterocycles. The van der Waals surface area contributed by atoms with Gasteiger partial charge in [0, 0.05) is 0 Å². The Hall–Kier alpha value is -0.0800. The molecule has 0 aromatic rings. The Morgan fingerprint density at radius 2 is 1.64 bits per heavy atom. The van der Waals surface area contributed by atoms with E-state index >= 15 is 0 Å². The molecule has 0 atom stereocenters. The molecule has 0 aromatic carbocycles. The van der Waals surface area contributed by atoms with E-state index in [9.17, 15) is 0 Å². The van der Waals surface area contributed by atoms with Gasteiger partial charge in [-0.2, -0.15) is 0 Å². The highest BCUT2D eigenvalue weighted by Gasteiger charge is 2.12. The Labute approximate surface area is 87.3 Å². The summed E-state index contributed by atoms with van der Waals surface area (Å²) in [6.07, 6.45) is 11.4. The van der Waals surface area contributed by atoms with Crippen molar-refractivity contribution < 1.29 is 10.2 Å². The zero-order chi connectivity index (χ0) is 10.2. The topological polar surface area (TPSA) is 40.5 Å². The van der Waals surface area contributed by atoms with Crippen molar-refractivity contribution in [2.24, 2.45) is 5.92 Å². The summed E-state index contributed by atoms with van der Waals surface area (Å²) in [6.45, 7) is 0. The largest absolute Gasteiger partial charge is 0.368 e. The summed E-state index contributed by atoms with van der Waals surface area (Å²) in [5.41, 5.74) is 0. The summed E-state index contributed by atoms with van der Waals surface area (Å²) >= 11 is 0. The second-order valence-electron chi connectivity index (χ2n) is 4.62. The number of hydrogen-bond donors (Lipinski definition) is 2. The molecule has 0 spiro atoms. The average Bonchev–Trinajstić information content (AvgIpc) is 2.18. The summed E-state index contributed by atoms with van der Waals surface area (Å²) in [5.74, 6) is 0.975. The third-order valence-corrected chi connectivity index (χ3v) is 3.30. The van der Waals surface area contributed by atoms with Gasteiger partial charge in [0.05, 0.1) is 0 Å². The first-order valence-corrected chi connectivity index (χ1v) is 6.15. The summed E-state index contributed by atoms with van der Waals surface area (Å²) in [7, 11) is 0. The molecule has 14 heavy (non-hydrogen) atoms. The Kier molecular flexibility index (Phi) is 6.20. The van der Waals surface area contributed by atoms with E-state index in [1.54, 1.807) is 0 Å². The van der Waals surface area contributed by atoms with Gasteiger partial charge in [0.1, 0.15) is 0 Å². The van der Waals surface area contributed by atoms with Crippen molar-refractivity contribution in [1.82, 2.24) is 0 Å². The average molecular weight is 200 g/mol. The third-order valence-electron chi connectivity index (χ3n) is 3.30. The van der Waals surface area contributed by atoms with Gasteiger partial charge in [-0.05, 0) is 18.8 Å². The van der Waals surface area contributed by atoms with Crippen molar-refractivity contribution in [1.29, 1.82) is 0 Å². The van der Waals surface area contributed by atoms with E-state index in [0.29, 0.717) is 6.42 Å². The van der Waals surface area contributed by atoms with Crippen molar-refractivity contribution in [3.8, 4) is 0 Å². The second kappa shape index (κ2) is 7.24. The highest BCUT2D eigenvalue weighted by atomic mass is 16.5. The zero-order valence-electron chi connectivity index (χ0n) is 9.12. The normalized spacial score (nSPS) is 19.1. The molecule has 0 heterocycles. The van der Waals surface area contributed by atoms with Gasteiger partial charge < -0.3 is 10.2 Å². The van der Waals surface area contributed by atoms with Crippen LogP contribution in [0, 0.1) is 5.92 Å². The lowest BCUT2D eigenvalue weighted by Crippen LogP contribution is -2.06. The number of rotatable bonds is 6. The van der Waals surface area contributed by atoms with Gasteiger partial charge in [-0.25, -0.2) is 0 Å². The van der Waals surface area contributed by atoms with Crippen LogP contribution in [0.25, 0.3) is 0 Å². The van der Waals surface area contributed by atoms with Crippen molar-refractivity contribution in [3.05, 3.63) is 0 Å². The minimum Gasteiger partial charge on any atom is -0.368 e. The maximum atomic E-state index is 8.66. The van der Waals surface area contributed by atoms with Crippen LogP contribution in [0.3, 0.4) is 0 Å². The molecular formula is C12H24O2. The molecule has 1 aliphatic carbocycles. The molecule has 0 bridgehead atoms. The molecule has 1 aliphatic rings. The molecule has 84 valence electrons. The van der Waals surface area contributed by atoms with E-state index in [1.165, 1.54) is 44.9 Å². The highest BCUT2D eigenvalue weighted by molar-refractivity contribution is 4.65. The fraction of sp³-hybridized carbons (Fsp3) is 1.00. The van der Waals surface area contributed by atoms with E-state index in [0.717, 1.165) is 18.8 Å². The van der Waals surface area contributed by atoms with Crippen molar-refractivity contribution in [2.45, 2.75) is 70.5 Å². The first kappa shape index (κ1) is 12.0. The van der Waals surface area contributed by atoms with Crippen LogP contribution < -0.4 is 0 Å². The van der Waals surface area contributed by atoms with E-state index in [1.807, 2.05) is 0 Å². The van der Waals surface area contributed by atoms with Gasteiger partial charge in [-0.3, -0.25) is 0 Å². The van der Waals surface area contributed by atoms with Crippen LogP contribution in [0.5, 0.6) is 0 Å². The second-order valence-corrected chi connectivity index (χ2v) is 4.62. The lowest BCUT2D eigenvalue weighted by molar-refractivity contribution is -0.0466. The van der Waals surface area contributed by atoms with E-state index in [2.05, 4.69) is 0 Å². The van der Waals surface area contributed by atoms with Gasteiger partial charge in [-0.15, -0.1) is 0 Å². The molecule has 0 radical (unpaired) electrons. The van der Waals surface area contributed by atoms with Crippen LogP contribution in [0.15, 0.2) is 0 Å². The standard InChI is InChI=1S/C12H24O2/c13-12(14)10-6-2-5-9-11-7-3-1-4-8-11/h11-14H,1-10H2. The van der Waals surface area contributed by atoms with Crippen molar-refractivity contribution in [2.75, 3.05) is 0 Å². The van der Waals surface area contributed by atoms with Gasteiger partial charge in [0.2, 0.25) is 0 Å². The number of unbranched alkanes of at least 4 members (excludes halogenated alkanes) is 2. The molecule has 0 unspecified atom stereocenters. The number of aliphatic hydroxyl groups excluding tert-OH is 1. The van der Waals surface area contributed by atoms with Gasteiger partial charge >= 0.3 is 0 Å². The fourth-order valence-electron chi connectivity index (χ4n) is 2.41. The SMILES string of the molecule is OC(O)CCCCCC1CCCCC1. The summed E-state index contributed by atoms with van der Waals surface area (Å²) in [4.78, 5) is 0. The van der Waals surface area contributed by atoms with Gasteiger partial charge in [0.25, 0.3) is 0 Å². The molecule has 1 rings (SSSR count). The summed E-state index contributed by atoms with van der Waals surface area (Å²) in [5, 5.41) is 17.3. The summed E-state index contributed by atoms with van der Waals surface area (Å²) < 4.78 is 0. The molecular weight excluding hydrogens is 176 g/mol. The molecule has 0 aromatic heterocycles. The lowest BCUT2D eigenvalue weighted by atomic mass is 9.85. The molecule has 1 saturated carbocycles. The van der Waals surface area contributed by atoms with Crippen LogP contribution in [-0.2, 0) is 0 Å². The van der Waals surface area contributed by atoms with Crippen LogP contribution in [0.4, 0.5) is 0 Å². The number of aliphatic hydroxyl groups is 2. The first-order chi connectivity index (χ1) is 6.79. The predicted octanol–water partition coefficient (Wildman–Crippen LogP) is 2.83. The highest BCUT2D eigenvalue weighted by Crippen LogP contribution is 2.27. The van der Waals surface area contributed by atoms with Crippen molar-refractivity contribution >= 4 is 0 Å². The van der Waals surface area contributed by atoms with Crippen LogP contribution in [0.1, 0.15) is 64.2 Å². The van der Waals surface area contributed by atoms with Crippen LogP contribution >= 0.6 is 0 Å². The van der Waals surface area contributed by atoms with E-state index < -0.39 is 6.29 Å². The third kappa shape index (κ3) is 5.61. The summed E-state index contributed by atoms with van der Waals surface area (Å²) in [6, 6.07) is 0. The van der Waals surface area contributed by atoms with E-state index in [-0.39, 0.29) is 0 Å². The van der Waals surface area contributed by atoms with Crippen LogP contribution in [-0.4, -0.2) is 16.5 Å².